The molecule has 0 aliphatic carbocycles. The maximum Gasteiger partial charge on any atom is 0.238 e. The van der Waals surface area contributed by atoms with Crippen molar-refractivity contribution >= 4 is 23.2 Å². The number of carbonyl (C=O) groups is 2. The molecular weight excluding hydrogens is 352 g/mol. The van der Waals surface area contributed by atoms with Gasteiger partial charge in [-0.05, 0) is 42.7 Å². The number of nitrogen functional groups attached to an aromatic ring is 1. The van der Waals surface area contributed by atoms with Gasteiger partial charge in [-0.15, -0.1) is 0 Å². The van der Waals surface area contributed by atoms with Gasteiger partial charge >= 0.3 is 0 Å². The second kappa shape index (κ2) is 8.89. The number of hydrogen-bond donors (Lipinski definition) is 2. The number of benzene rings is 2. The van der Waals surface area contributed by atoms with Crippen molar-refractivity contribution in [3.63, 3.8) is 0 Å². The van der Waals surface area contributed by atoms with Crippen LogP contribution < -0.4 is 11.1 Å². The van der Waals surface area contributed by atoms with Crippen molar-refractivity contribution in [2.45, 2.75) is 20.3 Å². The van der Waals surface area contributed by atoms with Gasteiger partial charge in [0, 0.05) is 37.6 Å². The number of hydrogen-bond acceptors (Lipinski definition) is 4. The van der Waals surface area contributed by atoms with Crippen molar-refractivity contribution < 1.29 is 9.59 Å². The van der Waals surface area contributed by atoms with E-state index in [4.69, 9.17) is 5.73 Å². The van der Waals surface area contributed by atoms with Gasteiger partial charge in [0.2, 0.25) is 11.8 Å². The first-order chi connectivity index (χ1) is 13.4. The number of anilines is 2. The van der Waals surface area contributed by atoms with Crippen LogP contribution >= 0.6 is 0 Å². The summed E-state index contributed by atoms with van der Waals surface area (Å²) in [5.41, 5.74) is 10.4. The minimum Gasteiger partial charge on any atom is -0.399 e. The summed E-state index contributed by atoms with van der Waals surface area (Å²) in [4.78, 5) is 28.9. The number of nitrogens with one attached hydrogen (secondary N) is 1. The molecule has 3 N–H and O–H groups in total. The molecule has 6 nitrogen and oxygen atoms in total. The lowest BCUT2D eigenvalue weighted by Crippen LogP contribution is -2.50. The highest BCUT2D eigenvalue weighted by Gasteiger charge is 2.22. The molecule has 1 aliphatic heterocycles. The van der Waals surface area contributed by atoms with Crippen molar-refractivity contribution in [3.05, 3.63) is 59.2 Å². The Balaban J connectivity index is 1.46. The number of aryl methyl sites for hydroxylation is 2. The Morgan fingerprint density at radius 3 is 2.18 bits per heavy atom. The number of para-hydroxylation sites is 1. The van der Waals surface area contributed by atoms with Gasteiger partial charge in [0.1, 0.15) is 0 Å². The zero-order chi connectivity index (χ0) is 20.1. The van der Waals surface area contributed by atoms with E-state index in [0.29, 0.717) is 44.8 Å². The molecule has 0 bridgehead atoms. The van der Waals surface area contributed by atoms with E-state index < -0.39 is 0 Å². The van der Waals surface area contributed by atoms with E-state index >= 15 is 0 Å². The molecule has 1 heterocycles. The lowest BCUT2D eigenvalue weighted by Gasteiger charge is -2.34. The summed E-state index contributed by atoms with van der Waals surface area (Å²) in [6, 6.07) is 13.4. The fourth-order valence-electron chi connectivity index (χ4n) is 3.47. The zero-order valence-corrected chi connectivity index (χ0v) is 16.6. The van der Waals surface area contributed by atoms with Gasteiger partial charge in [0.15, 0.2) is 0 Å². The maximum atomic E-state index is 12.5. The highest BCUT2D eigenvalue weighted by atomic mass is 16.2. The third kappa shape index (κ3) is 5.10. The van der Waals surface area contributed by atoms with Crippen LogP contribution in [0.15, 0.2) is 42.5 Å². The number of rotatable bonds is 5. The molecule has 0 atom stereocenters. The second-order valence-corrected chi connectivity index (χ2v) is 7.39. The molecule has 0 aromatic heterocycles. The molecule has 2 aromatic rings. The molecule has 0 unspecified atom stereocenters. The monoisotopic (exact) mass is 380 g/mol. The molecule has 0 radical (unpaired) electrons. The third-order valence-corrected chi connectivity index (χ3v) is 5.17. The van der Waals surface area contributed by atoms with Gasteiger partial charge in [-0.3, -0.25) is 14.5 Å². The molecular formula is C22H28N4O2. The number of nitrogens with two attached hydrogens (primary N) is 1. The van der Waals surface area contributed by atoms with Crippen LogP contribution in [-0.4, -0.2) is 54.3 Å². The smallest absolute Gasteiger partial charge is 0.238 e. The number of carbonyl (C=O) groups excluding carboxylic acids is 2. The topological polar surface area (TPSA) is 78.7 Å². The molecule has 0 saturated carbocycles. The van der Waals surface area contributed by atoms with Crippen LogP contribution in [0.4, 0.5) is 11.4 Å². The minimum absolute atomic E-state index is 0.0148. The molecule has 2 amide bonds. The van der Waals surface area contributed by atoms with Crippen LogP contribution in [0.25, 0.3) is 0 Å². The van der Waals surface area contributed by atoms with Crippen LogP contribution in [0.5, 0.6) is 0 Å². The Morgan fingerprint density at radius 2 is 1.57 bits per heavy atom. The Hall–Kier alpha value is -2.86. The van der Waals surface area contributed by atoms with Gasteiger partial charge in [0.25, 0.3) is 0 Å². The first kappa shape index (κ1) is 19.9. The Kier molecular flexibility index (Phi) is 6.31. The van der Waals surface area contributed by atoms with Crippen LogP contribution in [0.2, 0.25) is 0 Å². The van der Waals surface area contributed by atoms with E-state index in [2.05, 4.69) is 10.2 Å². The molecule has 1 saturated heterocycles. The van der Waals surface area contributed by atoms with Crippen LogP contribution in [0, 0.1) is 13.8 Å². The van der Waals surface area contributed by atoms with Crippen molar-refractivity contribution in [1.82, 2.24) is 9.80 Å². The summed E-state index contributed by atoms with van der Waals surface area (Å²) in [6.45, 7) is 7.02. The Morgan fingerprint density at radius 1 is 0.964 bits per heavy atom. The molecule has 3 rings (SSSR count). The number of amides is 2. The van der Waals surface area contributed by atoms with Crippen molar-refractivity contribution in [3.8, 4) is 0 Å². The SMILES string of the molecule is Cc1cccc(C)c1NC(=O)CN1CCN(C(=O)Cc2ccc(N)cc2)CC1. The Bertz CT molecular complexity index is 820. The van der Waals surface area contributed by atoms with Gasteiger partial charge < -0.3 is 16.0 Å². The van der Waals surface area contributed by atoms with Crippen molar-refractivity contribution in [2.75, 3.05) is 43.8 Å². The molecule has 0 spiro atoms. The van der Waals surface area contributed by atoms with Crippen LogP contribution in [-0.2, 0) is 16.0 Å². The lowest BCUT2D eigenvalue weighted by molar-refractivity contribution is -0.132. The predicted molar refractivity (Wildman–Crippen MR) is 112 cm³/mol. The molecule has 1 fully saturated rings. The van der Waals surface area contributed by atoms with E-state index in [9.17, 15) is 9.59 Å². The standard InChI is InChI=1S/C22H28N4O2/c1-16-4-3-5-17(2)22(16)24-20(27)15-25-10-12-26(13-11-25)21(28)14-18-6-8-19(23)9-7-18/h3-9H,10-15,23H2,1-2H3,(H,24,27). The summed E-state index contributed by atoms with van der Waals surface area (Å²) in [5.74, 6) is 0.100. The predicted octanol–water partition coefficient (Wildman–Crippen LogP) is 2.21. The fraction of sp³-hybridized carbons (Fsp3) is 0.364. The maximum absolute atomic E-state index is 12.5. The molecule has 1 aliphatic rings. The number of piperazine rings is 1. The summed E-state index contributed by atoms with van der Waals surface area (Å²) < 4.78 is 0. The highest BCUT2D eigenvalue weighted by molar-refractivity contribution is 5.93. The minimum atomic E-state index is -0.0148. The fourth-order valence-corrected chi connectivity index (χ4v) is 3.47. The third-order valence-electron chi connectivity index (χ3n) is 5.17. The van der Waals surface area contributed by atoms with E-state index in [1.165, 1.54) is 0 Å². The van der Waals surface area contributed by atoms with Gasteiger partial charge in [-0.1, -0.05) is 30.3 Å². The molecule has 148 valence electrons. The van der Waals surface area contributed by atoms with Gasteiger partial charge in [-0.2, -0.15) is 0 Å². The van der Waals surface area contributed by atoms with Gasteiger partial charge in [-0.25, -0.2) is 0 Å². The quantitative estimate of drug-likeness (QED) is 0.780. The largest absolute Gasteiger partial charge is 0.399 e. The van der Waals surface area contributed by atoms with Crippen molar-refractivity contribution in [2.24, 2.45) is 0 Å². The molecule has 6 heteroatoms. The van der Waals surface area contributed by atoms with Crippen LogP contribution in [0.1, 0.15) is 16.7 Å². The average Bonchev–Trinajstić information content (AvgIpc) is 2.67. The summed E-state index contributed by atoms with van der Waals surface area (Å²) >= 11 is 0. The first-order valence-electron chi connectivity index (χ1n) is 9.63. The zero-order valence-electron chi connectivity index (χ0n) is 16.6. The molecule has 2 aromatic carbocycles. The lowest BCUT2D eigenvalue weighted by atomic mass is 10.1. The second-order valence-electron chi connectivity index (χ2n) is 7.39. The Labute approximate surface area is 166 Å². The van der Waals surface area contributed by atoms with E-state index in [1.807, 2.05) is 61.2 Å². The summed E-state index contributed by atoms with van der Waals surface area (Å²) in [6.07, 6.45) is 0.382. The summed E-state index contributed by atoms with van der Waals surface area (Å²) in [7, 11) is 0. The van der Waals surface area contributed by atoms with E-state index in [1.54, 1.807) is 0 Å². The average molecular weight is 380 g/mol. The highest BCUT2D eigenvalue weighted by Crippen LogP contribution is 2.19. The van der Waals surface area contributed by atoms with Crippen molar-refractivity contribution in [1.29, 1.82) is 0 Å². The first-order valence-corrected chi connectivity index (χ1v) is 9.63. The van der Waals surface area contributed by atoms with Crippen LogP contribution in [0.3, 0.4) is 0 Å². The number of nitrogens with zero attached hydrogens (tertiary/aromatic N) is 2. The van der Waals surface area contributed by atoms with Gasteiger partial charge in [0.05, 0.1) is 13.0 Å². The summed E-state index contributed by atoms with van der Waals surface area (Å²) in [5, 5.41) is 3.03. The van der Waals surface area contributed by atoms with E-state index in [-0.39, 0.29) is 11.8 Å². The molecule has 28 heavy (non-hydrogen) atoms. The van der Waals surface area contributed by atoms with E-state index in [0.717, 1.165) is 22.4 Å². The normalized spacial score (nSPS) is 14.7.